The van der Waals surface area contributed by atoms with Gasteiger partial charge < -0.3 is 10.6 Å². The second-order valence-corrected chi connectivity index (χ2v) is 7.25. The smallest absolute Gasteiger partial charge is 0.251 e. The van der Waals surface area contributed by atoms with Gasteiger partial charge in [-0.3, -0.25) is 9.59 Å². The van der Waals surface area contributed by atoms with Gasteiger partial charge in [0.05, 0.1) is 6.04 Å². The summed E-state index contributed by atoms with van der Waals surface area (Å²) in [4.78, 5) is 24.1. The van der Waals surface area contributed by atoms with Crippen molar-refractivity contribution in [1.82, 2.24) is 5.32 Å². The lowest BCUT2D eigenvalue weighted by molar-refractivity contribution is -0.114. The quantitative estimate of drug-likeness (QED) is 0.781. The summed E-state index contributed by atoms with van der Waals surface area (Å²) in [6, 6.07) is 14.6. The lowest BCUT2D eigenvalue weighted by Gasteiger charge is -2.25. The molecule has 1 aliphatic rings. The Morgan fingerprint density at radius 2 is 1.81 bits per heavy atom. The van der Waals surface area contributed by atoms with E-state index in [-0.39, 0.29) is 17.9 Å². The Hall–Kier alpha value is -2.33. The number of hydrogen-bond acceptors (Lipinski definition) is 2. The minimum atomic E-state index is -0.162. The molecule has 0 radical (unpaired) electrons. The predicted octanol–water partition coefficient (Wildman–Crippen LogP) is 4.96. The third-order valence-corrected chi connectivity index (χ3v) is 5.05. The molecule has 2 amide bonds. The highest BCUT2D eigenvalue weighted by atomic mass is 35.5. The average molecular weight is 371 g/mol. The average Bonchev–Trinajstić information content (AvgIpc) is 3.13. The molecule has 2 aromatic carbocycles. The van der Waals surface area contributed by atoms with Gasteiger partial charge in [-0.25, -0.2) is 0 Å². The molecule has 136 valence electrons. The SMILES string of the molecule is CC(=O)Nc1cccc(C(=O)N[C@H](c2cccc(Cl)c2)C2CCCC2)c1. The van der Waals surface area contributed by atoms with Crippen LogP contribution in [0.5, 0.6) is 0 Å². The number of amides is 2. The van der Waals surface area contributed by atoms with Crippen LogP contribution in [0.25, 0.3) is 0 Å². The first-order chi connectivity index (χ1) is 12.5. The van der Waals surface area contributed by atoms with Crippen molar-refractivity contribution in [3.05, 3.63) is 64.7 Å². The Labute approximate surface area is 158 Å². The molecule has 1 fully saturated rings. The molecular formula is C21H23ClN2O2. The molecule has 0 aliphatic heterocycles. The summed E-state index contributed by atoms with van der Waals surface area (Å²) in [5.74, 6) is 0.107. The highest BCUT2D eigenvalue weighted by Crippen LogP contribution is 2.36. The van der Waals surface area contributed by atoms with Crippen molar-refractivity contribution in [1.29, 1.82) is 0 Å². The van der Waals surface area contributed by atoms with Crippen molar-refractivity contribution < 1.29 is 9.59 Å². The Morgan fingerprint density at radius 3 is 2.50 bits per heavy atom. The number of nitrogens with one attached hydrogen (secondary N) is 2. The molecule has 0 spiro atoms. The van der Waals surface area contributed by atoms with Crippen LogP contribution in [0.4, 0.5) is 5.69 Å². The molecule has 5 heteroatoms. The molecule has 26 heavy (non-hydrogen) atoms. The van der Waals surface area contributed by atoms with E-state index in [1.54, 1.807) is 24.3 Å². The van der Waals surface area contributed by atoms with Gasteiger partial charge in [-0.2, -0.15) is 0 Å². The van der Waals surface area contributed by atoms with Crippen LogP contribution in [0, 0.1) is 5.92 Å². The topological polar surface area (TPSA) is 58.2 Å². The van der Waals surface area contributed by atoms with Crippen LogP contribution < -0.4 is 10.6 Å². The molecule has 1 saturated carbocycles. The van der Waals surface area contributed by atoms with Crippen LogP contribution in [0.2, 0.25) is 5.02 Å². The third-order valence-electron chi connectivity index (χ3n) is 4.81. The van der Waals surface area contributed by atoms with Crippen molar-refractivity contribution in [3.63, 3.8) is 0 Å². The largest absolute Gasteiger partial charge is 0.345 e. The molecule has 2 aromatic rings. The van der Waals surface area contributed by atoms with Crippen LogP contribution >= 0.6 is 11.6 Å². The number of hydrogen-bond donors (Lipinski definition) is 2. The second-order valence-electron chi connectivity index (χ2n) is 6.81. The number of carbonyl (C=O) groups excluding carboxylic acids is 2. The monoisotopic (exact) mass is 370 g/mol. The van der Waals surface area contributed by atoms with E-state index in [2.05, 4.69) is 10.6 Å². The van der Waals surface area contributed by atoms with Crippen LogP contribution in [0.15, 0.2) is 48.5 Å². The van der Waals surface area contributed by atoms with E-state index >= 15 is 0 Å². The van der Waals surface area contributed by atoms with Gasteiger partial charge in [0.25, 0.3) is 5.91 Å². The molecule has 3 rings (SSSR count). The fourth-order valence-electron chi connectivity index (χ4n) is 3.63. The number of benzene rings is 2. The minimum Gasteiger partial charge on any atom is -0.345 e. The summed E-state index contributed by atoms with van der Waals surface area (Å²) in [5, 5.41) is 6.57. The Morgan fingerprint density at radius 1 is 1.08 bits per heavy atom. The molecule has 0 aromatic heterocycles. The fourth-order valence-corrected chi connectivity index (χ4v) is 3.83. The van der Waals surface area contributed by atoms with E-state index in [9.17, 15) is 9.59 Å². The summed E-state index contributed by atoms with van der Waals surface area (Å²) < 4.78 is 0. The van der Waals surface area contributed by atoms with E-state index in [1.165, 1.54) is 19.8 Å². The molecule has 0 saturated heterocycles. The maximum absolute atomic E-state index is 12.9. The molecule has 4 nitrogen and oxygen atoms in total. The molecule has 1 atom stereocenters. The van der Waals surface area contributed by atoms with Crippen molar-refractivity contribution in [2.75, 3.05) is 5.32 Å². The first kappa shape index (κ1) is 18.5. The minimum absolute atomic E-state index is 0.0619. The van der Waals surface area contributed by atoms with Crippen molar-refractivity contribution in [2.45, 2.75) is 38.6 Å². The Kier molecular flexibility index (Phi) is 5.94. The van der Waals surface area contributed by atoms with E-state index in [0.717, 1.165) is 18.4 Å². The molecule has 0 heterocycles. The van der Waals surface area contributed by atoms with Gasteiger partial charge in [0.2, 0.25) is 5.91 Å². The van der Waals surface area contributed by atoms with Gasteiger partial charge in [-0.1, -0.05) is 42.6 Å². The van der Waals surface area contributed by atoms with E-state index in [4.69, 9.17) is 11.6 Å². The van der Waals surface area contributed by atoms with E-state index < -0.39 is 0 Å². The van der Waals surface area contributed by atoms with Crippen LogP contribution in [0.3, 0.4) is 0 Å². The molecule has 0 bridgehead atoms. The van der Waals surface area contributed by atoms with Gasteiger partial charge in [-0.05, 0) is 54.7 Å². The van der Waals surface area contributed by atoms with Crippen molar-refractivity contribution in [3.8, 4) is 0 Å². The Bertz CT molecular complexity index is 800. The van der Waals surface area contributed by atoms with E-state index in [1.807, 2.05) is 24.3 Å². The second kappa shape index (κ2) is 8.37. The first-order valence-electron chi connectivity index (χ1n) is 8.97. The number of carbonyl (C=O) groups is 2. The Balaban J connectivity index is 1.82. The summed E-state index contributed by atoms with van der Waals surface area (Å²) in [5.41, 5.74) is 2.18. The van der Waals surface area contributed by atoms with Gasteiger partial charge in [-0.15, -0.1) is 0 Å². The number of anilines is 1. The van der Waals surface area contributed by atoms with Gasteiger partial charge in [0.1, 0.15) is 0 Å². The summed E-state index contributed by atoms with van der Waals surface area (Å²) in [6.07, 6.45) is 4.58. The van der Waals surface area contributed by atoms with Crippen LogP contribution in [0.1, 0.15) is 54.6 Å². The highest BCUT2D eigenvalue weighted by Gasteiger charge is 2.28. The van der Waals surface area contributed by atoms with Gasteiger partial charge >= 0.3 is 0 Å². The zero-order chi connectivity index (χ0) is 18.5. The maximum atomic E-state index is 12.9. The third kappa shape index (κ3) is 4.64. The van der Waals surface area contributed by atoms with Crippen LogP contribution in [-0.4, -0.2) is 11.8 Å². The summed E-state index contributed by atoms with van der Waals surface area (Å²) in [7, 11) is 0. The first-order valence-corrected chi connectivity index (χ1v) is 9.35. The predicted molar refractivity (Wildman–Crippen MR) is 104 cm³/mol. The summed E-state index contributed by atoms with van der Waals surface area (Å²) >= 11 is 6.17. The van der Waals surface area contributed by atoms with Crippen molar-refractivity contribution in [2.24, 2.45) is 5.92 Å². The van der Waals surface area contributed by atoms with E-state index in [0.29, 0.717) is 22.2 Å². The maximum Gasteiger partial charge on any atom is 0.251 e. The molecule has 2 N–H and O–H groups in total. The highest BCUT2D eigenvalue weighted by molar-refractivity contribution is 6.30. The van der Waals surface area contributed by atoms with Gasteiger partial charge in [0, 0.05) is 23.2 Å². The normalized spacial score (nSPS) is 15.5. The summed E-state index contributed by atoms with van der Waals surface area (Å²) in [6.45, 7) is 1.45. The fraction of sp³-hybridized carbons (Fsp3) is 0.333. The standard InChI is InChI=1S/C21H23ClN2O2/c1-14(25)23-19-11-5-9-17(13-19)21(26)24-20(15-6-2-3-7-15)16-8-4-10-18(22)12-16/h4-5,8-13,15,20H,2-3,6-7H2,1H3,(H,23,25)(H,24,26)/t20-/m0/s1. The lowest BCUT2D eigenvalue weighted by atomic mass is 9.91. The molecule has 1 aliphatic carbocycles. The van der Waals surface area contributed by atoms with Crippen molar-refractivity contribution >= 4 is 29.1 Å². The van der Waals surface area contributed by atoms with Gasteiger partial charge in [0.15, 0.2) is 0 Å². The number of halogens is 1. The molecule has 0 unspecified atom stereocenters. The molecular weight excluding hydrogens is 348 g/mol. The number of rotatable bonds is 5. The van der Waals surface area contributed by atoms with Crippen LogP contribution in [-0.2, 0) is 4.79 Å². The zero-order valence-corrected chi connectivity index (χ0v) is 15.6. The zero-order valence-electron chi connectivity index (χ0n) is 14.8. The lowest BCUT2D eigenvalue weighted by Crippen LogP contribution is -2.32.